The van der Waals surface area contributed by atoms with Crippen LogP contribution in [-0.2, 0) is 0 Å². The average Bonchev–Trinajstić information content (AvgIpc) is 3.13. The minimum absolute atomic E-state index is 0.570. The zero-order chi connectivity index (χ0) is 11.7. The van der Waals surface area contributed by atoms with E-state index in [-0.39, 0.29) is 0 Å². The summed E-state index contributed by atoms with van der Waals surface area (Å²) in [6.45, 7) is 3.23. The third kappa shape index (κ3) is 2.29. The summed E-state index contributed by atoms with van der Waals surface area (Å²) in [4.78, 5) is 7.00. The van der Waals surface area contributed by atoms with Crippen molar-refractivity contribution < 1.29 is 0 Å². The van der Waals surface area contributed by atoms with Crippen LogP contribution in [0.2, 0.25) is 0 Å². The normalized spacial score (nSPS) is 28.9. The Labute approximate surface area is 104 Å². The lowest BCUT2D eigenvalue weighted by Gasteiger charge is -2.41. The van der Waals surface area contributed by atoms with Crippen molar-refractivity contribution in [2.45, 2.75) is 51.4 Å². The lowest BCUT2D eigenvalue weighted by atomic mass is 9.65. The number of hydrogen-bond donors (Lipinski definition) is 1. The lowest BCUT2D eigenvalue weighted by Crippen LogP contribution is -2.42. The van der Waals surface area contributed by atoms with Crippen molar-refractivity contribution in [1.82, 2.24) is 4.90 Å². The Morgan fingerprint density at radius 2 is 1.82 bits per heavy atom. The average molecular weight is 235 g/mol. The van der Waals surface area contributed by atoms with Gasteiger partial charge in [0, 0.05) is 19.6 Å². The third-order valence-electron chi connectivity index (χ3n) is 5.03. The zero-order valence-electron chi connectivity index (χ0n) is 10.8. The van der Waals surface area contributed by atoms with Crippen LogP contribution >= 0.6 is 0 Å². The molecule has 0 radical (unpaired) electrons. The molecule has 3 nitrogen and oxygen atoms in total. The van der Waals surface area contributed by atoms with Gasteiger partial charge in [-0.25, -0.2) is 0 Å². The fourth-order valence-corrected chi connectivity index (χ4v) is 3.48. The van der Waals surface area contributed by atoms with E-state index in [1.165, 1.54) is 51.4 Å². The molecular formula is C14H25N3. The number of hydrogen-bond acceptors (Lipinski definition) is 1. The zero-order valence-corrected chi connectivity index (χ0v) is 10.8. The topological polar surface area (TPSA) is 41.6 Å². The maximum absolute atomic E-state index is 6.13. The molecule has 2 aliphatic carbocycles. The molecule has 3 aliphatic rings. The summed E-state index contributed by atoms with van der Waals surface area (Å²) in [7, 11) is 0. The summed E-state index contributed by atoms with van der Waals surface area (Å²) < 4.78 is 0. The minimum Gasteiger partial charge on any atom is -0.370 e. The van der Waals surface area contributed by atoms with Gasteiger partial charge in [-0.15, -0.1) is 0 Å². The van der Waals surface area contributed by atoms with E-state index in [4.69, 9.17) is 10.7 Å². The molecule has 17 heavy (non-hydrogen) atoms. The number of guanidine groups is 1. The molecule has 1 heterocycles. The second-order valence-electron chi connectivity index (χ2n) is 6.21. The molecule has 2 N–H and O–H groups in total. The van der Waals surface area contributed by atoms with Gasteiger partial charge in [-0.05, 0) is 56.3 Å². The van der Waals surface area contributed by atoms with Crippen LogP contribution in [0.15, 0.2) is 4.99 Å². The first-order chi connectivity index (χ1) is 8.30. The van der Waals surface area contributed by atoms with Crippen LogP contribution in [0.3, 0.4) is 0 Å². The number of rotatable bonds is 3. The van der Waals surface area contributed by atoms with Gasteiger partial charge in [-0.1, -0.05) is 6.42 Å². The molecule has 0 unspecified atom stereocenters. The summed E-state index contributed by atoms with van der Waals surface area (Å²) in [6.07, 6.45) is 11.0. The quantitative estimate of drug-likeness (QED) is 0.603. The Hall–Kier alpha value is -0.730. The standard InChI is InChI=1S/C14H25N3/c15-13(17-9-2-1-3-10-17)16-11-14(7-4-8-14)12-5-6-12/h12H,1-11H2,(H2,15,16). The van der Waals surface area contributed by atoms with Gasteiger partial charge in [0.1, 0.15) is 0 Å². The van der Waals surface area contributed by atoms with Crippen molar-refractivity contribution in [2.75, 3.05) is 19.6 Å². The maximum Gasteiger partial charge on any atom is 0.191 e. The van der Waals surface area contributed by atoms with Gasteiger partial charge in [0.05, 0.1) is 0 Å². The molecule has 0 aromatic rings. The highest BCUT2D eigenvalue weighted by molar-refractivity contribution is 5.78. The van der Waals surface area contributed by atoms with E-state index >= 15 is 0 Å². The Kier molecular flexibility index (Phi) is 3.01. The van der Waals surface area contributed by atoms with Gasteiger partial charge in [-0.3, -0.25) is 4.99 Å². The van der Waals surface area contributed by atoms with Crippen molar-refractivity contribution in [2.24, 2.45) is 22.1 Å². The first-order valence-corrected chi connectivity index (χ1v) is 7.35. The highest BCUT2D eigenvalue weighted by atomic mass is 15.3. The Bertz CT molecular complexity index is 297. The van der Waals surface area contributed by atoms with Gasteiger partial charge in [0.2, 0.25) is 0 Å². The van der Waals surface area contributed by atoms with Crippen LogP contribution in [-0.4, -0.2) is 30.5 Å². The van der Waals surface area contributed by atoms with E-state index in [9.17, 15) is 0 Å². The van der Waals surface area contributed by atoms with Crippen LogP contribution < -0.4 is 5.73 Å². The number of likely N-dealkylation sites (tertiary alicyclic amines) is 1. The van der Waals surface area contributed by atoms with Crippen molar-refractivity contribution >= 4 is 5.96 Å². The van der Waals surface area contributed by atoms with Crippen LogP contribution in [0.5, 0.6) is 0 Å². The molecule has 1 saturated heterocycles. The van der Waals surface area contributed by atoms with Gasteiger partial charge in [0.25, 0.3) is 0 Å². The van der Waals surface area contributed by atoms with E-state index in [0.29, 0.717) is 5.41 Å². The number of piperidine rings is 1. The highest BCUT2D eigenvalue weighted by Gasteiger charge is 2.48. The van der Waals surface area contributed by atoms with Crippen molar-refractivity contribution in [3.05, 3.63) is 0 Å². The molecule has 3 fully saturated rings. The molecule has 96 valence electrons. The van der Waals surface area contributed by atoms with Gasteiger partial charge in [-0.2, -0.15) is 0 Å². The largest absolute Gasteiger partial charge is 0.370 e. The fraction of sp³-hybridized carbons (Fsp3) is 0.929. The van der Waals surface area contributed by atoms with Gasteiger partial charge in [0.15, 0.2) is 5.96 Å². The van der Waals surface area contributed by atoms with Gasteiger partial charge < -0.3 is 10.6 Å². The summed E-state index contributed by atoms with van der Waals surface area (Å²) in [5.41, 5.74) is 6.70. The summed E-state index contributed by atoms with van der Waals surface area (Å²) in [5, 5.41) is 0. The Morgan fingerprint density at radius 3 is 2.35 bits per heavy atom. The van der Waals surface area contributed by atoms with E-state index in [0.717, 1.165) is 31.5 Å². The molecular weight excluding hydrogens is 210 g/mol. The molecule has 0 bridgehead atoms. The third-order valence-corrected chi connectivity index (χ3v) is 5.03. The van der Waals surface area contributed by atoms with Crippen LogP contribution in [0.4, 0.5) is 0 Å². The second-order valence-corrected chi connectivity index (χ2v) is 6.21. The molecule has 0 aromatic carbocycles. The first-order valence-electron chi connectivity index (χ1n) is 7.35. The monoisotopic (exact) mass is 235 g/mol. The maximum atomic E-state index is 6.13. The Balaban J connectivity index is 1.57. The van der Waals surface area contributed by atoms with Crippen molar-refractivity contribution in [3.63, 3.8) is 0 Å². The smallest absolute Gasteiger partial charge is 0.191 e. The van der Waals surface area contributed by atoms with E-state index in [1.54, 1.807) is 0 Å². The van der Waals surface area contributed by atoms with Crippen LogP contribution in [0, 0.1) is 11.3 Å². The van der Waals surface area contributed by atoms with Crippen LogP contribution in [0.25, 0.3) is 0 Å². The molecule has 3 rings (SSSR count). The molecule has 2 saturated carbocycles. The highest BCUT2D eigenvalue weighted by Crippen LogP contribution is 2.57. The SMILES string of the molecule is NC(=NCC1(C2CC2)CCC1)N1CCCCC1. The minimum atomic E-state index is 0.570. The number of nitrogens with zero attached hydrogens (tertiary/aromatic N) is 2. The molecule has 0 aromatic heterocycles. The van der Waals surface area contributed by atoms with Crippen LogP contribution in [0.1, 0.15) is 51.4 Å². The fourth-order valence-electron chi connectivity index (χ4n) is 3.48. The van der Waals surface area contributed by atoms with Crippen molar-refractivity contribution in [1.29, 1.82) is 0 Å². The predicted octanol–water partition coefficient (Wildman–Crippen LogP) is 2.37. The molecule has 1 aliphatic heterocycles. The molecule has 0 amide bonds. The van der Waals surface area contributed by atoms with E-state index in [2.05, 4.69) is 4.90 Å². The molecule has 0 spiro atoms. The Morgan fingerprint density at radius 1 is 1.12 bits per heavy atom. The second kappa shape index (κ2) is 4.51. The number of aliphatic imine (C=N–C) groups is 1. The lowest BCUT2D eigenvalue weighted by molar-refractivity contribution is 0.112. The van der Waals surface area contributed by atoms with Gasteiger partial charge >= 0.3 is 0 Å². The number of nitrogens with two attached hydrogens (primary N) is 1. The van der Waals surface area contributed by atoms with E-state index < -0.39 is 0 Å². The summed E-state index contributed by atoms with van der Waals surface area (Å²) in [5.74, 6) is 1.80. The van der Waals surface area contributed by atoms with Crippen molar-refractivity contribution in [3.8, 4) is 0 Å². The van der Waals surface area contributed by atoms with E-state index in [1.807, 2.05) is 0 Å². The molecule has 0 atom stereocenters. The predicted molar refractivity (Wildman–Crippen MR) is 70.9 cm³/mol. The molecule has 3 heteroatoms. The summed E-state index contributed by atoms with van der Waals surface area (Å²) in [6, 6.07) is 0. The summed E-state index contributed by atoms with van der Waals surface area (Å²) >= 11 is 0. The first kappa shape index (κ1) is 11.4.